The molecule has 2 unspecified atom stereocenters. The standard InChI is InChI=1S/C13H13NO3/c1-8(15)9-3-2-4-10(5-9)14-11-6-12(13(14)16)17-7-11/h2-5,11-12H,6-7H2,1H3. The molecule has 2 atom stereocenters. The summed E-state index contributed by atoms with van der Waals surface area (Å²) >= 11 is 0. The molecule has 2 heterocycles. The van der Waals surface area contributed by atoms with Crippen LogP contribution < -0.4 is 4.90 Å². The average molecular weight is 231 g/mol. The molecule has 4 heteroatoms. The van der Waals surface area contributed by atoms with E-state index in [0.717, 1.165) is 12.1 Å². The van der Waals surface area contributed by atoms with Crippen LogP contribution in [-0.4, -0.2) is 30.4 Å². The predicted molar refractivity (Wildman–Crippen MR) is 62.1 cm³/mol. The van der Waals surface area contributed by atoms with Gasteiger partial charge in [0.25, 0.3) is 5.91 Å². The largest absolute Gasteiger partial charge is 0.366 e. The second kappa shape index (κ2) is 3.67. The molecule has 3 rings (SSSR count). The average Bonchev–Trinajstić information content (AvgIpc) is 2.89. The molecule has 1 amide bonds. The van der Waals surface area contributed by atoms with E-state index in [2.05, 4.69) is 0 Å². The molecule has 0 radical (unpaired) electrons. The van der Waals surface area contributed by atoms with E-state index in [1.165, 1.54) is 6.92 Å². The van der Waals surface area contributed by atoms with Crippen LogP contribution in [0.25, 0.3) is 0 Å². The lowest BCUT2D eigenvalue weighted by atomic mass is 10.1. The van der Waals surface area contributed by atoms with E-state index in [-0.39, 0.29) is 23.8 Å². The lowest BCUT2D eigenvalue weighted by Gasteiger charge is -2.27. The van der Waals surface area contributed by atoms with E-state index in [9.17, 15) is 9.59 Å². The van der Waals surface area contributed by atoms with Gasteiger partial charge in [0.2, 0.25) is 0 Å². The van der Waals surface area contributed by atoms with Gasteiger partial charge in [0.05, 0.1) is 12.6 Å². The zero-order chi connectivity index (χ0) is 12.0. The van der Waals surface area contributed by atoms with Crippen molar-refractivity contribution in [2.75, 3.05) is 11.5 Å². The Bertz CT molecular complexity index is 497. The summed E-state index contributed by atoms with van der Waals surface area (Å²) in [6.07, 6.45) is 0.490. The predicted octanol–water partition coefficient (Wildman–Crippen LogP) is 1.39. The number of nitrogens with zero attached hydrogens (tertiary/aromatic N) is 1. The van der Waals surface area contributed by atoms with Gasteiger partial charge in [-0.3, -0.25) is 9.59 Å². The van der Waals surface area contributed by atoms with Crippen LogP contribution in [0.15, 0.2) is 24.3 Å². The van der Waals surface area contributed by atoms with Crippen LogP contribution in [-0.2, 0) is 9.53 Å². The summed E-state index contributed by atoms with van der Waals surface area (Å²) in [7, 11) is 0. The monoisotopic (exact) mass is 231 g/mol. The van der Waals surface area contributed by atoms with E-state index < -0.39 is 0 Å². The number of morpholine rings is 1. The molecule has 2 fully saturated rings. The molecule has 2 bridgehead atoms. The topological polar surface area (TPSA) is 46.6 Å². The number of ketones is 1. The SMILES string of the molecule is CC(=O)c1cccc(N2C(=O)C3CC2CO3)c1. The van der Waals surface area contributed by atoms with Gasteiger partial charge in [-0.15, -0.1) is 0 Å². The molecule has 1 aromatic carbocycles. The van der Waals surface area contributed by atoms with Crippen molar-refractivity contribution in [3.8, 4) is 0 Å². The highest BCUT2D eigenvalue weighted by molar-refractivity contribution is 6.02. The summed E-state index contributed by atoms with van der Waals surface area (Å²) in [4.78, 5) is 25.1. The number of carbonyl (C=O) groups excluding carboxylic acids is 2. The highest BCUT2D eigenvalue weighted by Gasteiger charge is 2.46. The molecular weight excluding hydrogens is 218 g/mol. The Labute approximate surface area is 99.2 Å². The third-order valence-corrected chi connectivity index (χ3v) is 3.38. The summed E-state index contributed by atoms with van der Waals surface area (Å²) in [5.74, 6) is 0.0295. The van der Waals surface area contributed by atoms with Crippen LogP contribution in [0.4, 0.5) is 5.69 Å². The number of amides is 1. The maximum atomic E-state index is 12.0. The summed E-state index contributed by atoms with van der Waals surface area (Å²) in [6.45, 7) is 2.13. The molecule has 0 aliphatic carbocycles. The molecular formula is C13H13NO3. The molecule has 0 saturated carbocycles. The van der Waals surface area contributed by atoms with Gasteiger partial charge in [-0.25, -0.2) is 0 Å². The smallest absolute Gasteiger partial charge is 0.256 e. The fourth-order valence-corrected chi connectivity index (χ4v) is 2.51. The fraction of sp³-hybridized carbons (Fsp3) is 0.385. The van der Waals surface area contributed by atoms with Crippen LogP contribution in [0, 0.1) is 0 Å². The number of Topliss-reactive ketones (excluding diaryl/α,β-unsaturated/α-hetero) is 1. The number of rotatable bonds is 2. The van der Waals surface area contributed by atoms with Gasteiger partial charge in [-0.05, 0) is 19.1 Å². The molecule has 2 aliphatic heterocycles. The van der Waals surface area contributed by atoms with Crippen LogP contribution in [0.2, 0.25) is 0 Å². The van der Waals surface area contributed by atoms with Gasteiger partial charge in [0, 0.05) is 17.7 Å². The lowest BCUT2D eigenvalue weighted by molar-refractivity contribution is -0.128. The number of carbonyl (C=O) groups is 2. The molecule has 0 N–H and O–H groups in total. The van der Waals surface area contributed by atoms with Gasteiger partial charge in [0.15, 0.2) is 5.78 Å². The quantitative estimate of drug-likeness (QED) is 0.723. The summed E-state index contributed by atoms with van der Waals surface area (Å²) in [5, 5.41) is 0. The van der Waals surface area contributed by atoms with Crippen molar-refractivity contribution >= 4 is 17.4 Å². The van der Waals surface area contributed by atoms with Crippen molar-refractivity contribution in [3.05, 3.63) is 29.8 Å². The number of benzene rings is 1. The maximum Gasteiger partial charge on any atom is 0.256 e. The van der Waals surface area contributed by atoms with Gasteiger partial charge >= 0.3 is 0 Å². The normalized spacial score (nSPS) is 26.6. The van der Waals surface area contributed by atoms with Crippen LogP contribution in [0.3, 0.4) is 0 Å². The molecule has 4 nitrogen and oxygen atoms in total. The molecule has 17 heavy (non-hydrogen) atoms. The van der Waals surface area contributed by atoms with E-state index in [1.54, 1.807) is 17.0 Å². The first kappa shape index (κ1) is 10.5. The molecule has 2 aliphatic rings. The zero-order valence-electron chi connectivity index (χ0n) is 9.55. The Morgan fingerprint density at radius 1 is 1.47 bits per heavy atom. The third-order valence-electron chi connectivity index (χ3n) is 3.38. The lowest BCUT2D eigenvalue weighted by Crippen LogP contribution is -2.41. The first-order valence-corrected chi connectivity index (χ1v) is 5.72. The molecule has 0 spiro atoms. The van der Waals surface area contributed by atoms with E-state index in [0.29, 0.717) is 12.2 Å². The van der Waals surface area contributed by atoms with Crippen molar-refractivity contribution in [1.29, 1.82) is 0 Å². The van der Waals surface area contributed by atoms with Crippen LogP contribution in [0.5, 0.6) is 0 Å². The van der Waals surface area contributed by atoms with Gasteiger partial charge in [-0.2, -0.15) is 0 Å². The summed E-state index contributed by atoms with van der Waals surface area (Å²) in [5.41, 5.74) is 1.44. The summed E-state index contributed by atoms with van der Waals surface area (Å²) in [6, 6.07) is 7.36. The van der Waals surface area contributed by atoms with Gasteiger partial charge in [-0.1, -0.05) is 12.1 Å². The van der Waals surface area contributed by atoms with Crippen molar-refractivity contribution in [2.24, 2.45) is 0 Å². The molecule has 0 aromatic heterocycles. The van der Waals surface area contributed by atoms with E-state index in [4.69, 9.17) is 4.74 Å². The fourth-order valence-electron chi connectivity index (χ4n) is 2.51. The first-order valence-electron chi connectivity index (χ1n) is 5.72. The molecule has 88 valence electrons. The minimum Gasteiger partial charge on any atom is -0.366 e. The second-order valence-corrected chi connectivity index (χ2v) is 4.53. The van der Waals surface area contributed by atoms with Crippen LogP contribution in [0.1, 0.15) is 23.7 Å². The minimum atomic E-state index is -0.277. The molecule has 2 saturated heterocycles. The summed E-state index contributed by atoms with van der Waals surface area (Å²) < 4.78 is 5.34. The highest BCUT2D eigenvalue weighted by Crippen LogP contribution is 2.33. The Balaban J connectivity index is 1.97. The minimum absolute atomic E-state index is 0.0138. The van der Waals surface area contributed by atoms with Crippen LogP contribution >= 0.6 is 0 Å². The van der Waals surface area contributed by atoms with E-state index in [1.807, 2.05) is 12.1 Å². The van der Waals surface area contributed by atoms with Crippen molar-refractivity contribution in [3.63, 3.8) is 0 Å². The molecule has 1 aromatic rings. The third kappa shape index (κ3) is 1.56. The number of ether oxygens (including phenoxy) is 1. The van der Waals surface area contributed by atoms with Crippen molar-refractivity contribution in [2.45, 2.75) is 25.5 Å². The Hall–Kier alpha value is -1.68. The number of hydrogen-bond donors (Lipinski definition) is 0. The Kier molecular flexibility index (Phi) is 2.26. The second-order valence-electron chi connectivity index (χ2n) is 4.53. The number of anilines is 1. The zero-order valence-corrected chi connectivity index (χ0v) is 9.55. The van der Waals surface area contributed by atoms with E-state index >= 15 is 0 Å². The van der Waals surface area contributed by atoms with Crippen molar-refractivity contribution < 1.29 is 14.3 Å². The first-order chi connectivity index (χ1) is 8.16. The van der Waals surface area contributed by atoms with Crippen molar-refractivity contribution in [1.82, 2.24) is 0 Å². The maximum absolute atomic E-state index is 12.0. The number of hydrogen-bond acceptors (Lipinski definition) is 3. The highest BCUT2D eigenvalue weighted by atomic mass is 16.5. The number of fused-ring (bicyclic) bond motifs is 2. The van der Waals surface area contributed by atoms with Gasteiger partial charge in [0.1, 0.15) is 6.10 Å². The van der Waals surface area contributed by atoms with Gasteiger partial charge < -0.3 is 9.64 Å². The Morgan fingerprint density at radius 2 is 2.29 bits per heavy atom. The Morgan fingerprint density at radius 3 is 2.94 bits per heavy atom.